The van der Waals surface area contributed by atoms with E-state index >= 15 is 0 Å². The molecule has 0 aliphatic rings. The van der Waals surface area contributed by atoms with Crippen molar-refractivity contribution in [2.45, 2.75) is 19.9 Å². The maximum Gasteiger partial charge on any atom is 0.165 e. The van der Waals surface area contributed by atoms with Crippen molar-refractivity contribution in [1.82, 2.24) is 0 Å². The number of hydrogen-bond donors (Lipinski definition) is 1. The number of halogens is 1. The standard InChI is InChI=1S/C12H16FNO/c1-8(2)7-15-12-5-4-10(9(3)14)6-11(12)13/h4-6,9H,1,7,14H2,2-3H3/t9-/m0/s1. The van der Waals surface area contributed by atoms with Gasteiger partial charge in [-0.1, -0.05) is 12.6 Å². The second kappa shape index (κ2) is 4.94. The third-order valence-corrected chi connectivity index (χ3v) is 1.96. The van der Waals surface area contributed by atoms with Crippen LogP contribution in [0, 0.1) is 5.82 Å². The Morgan fingerprint density at radius 1 is 1.60 bits per heavy atom. The van der Waals surface area contributed by atoms with Gasteiger partial charge in [-0.05, 0) is 37.1 Å². The molecule has 82 valence electrons. The molecule has 0 aliphatic carbocycles. The summed E-state index contributed by atoms with van der Waals surface area (Å²) in [4.78, 5) is 0. The van der Waals surface area contributed by atoms with Crippen LogP contribution in [0.5, 0.6) is 5.75 Å². The van der Waals surface area contributed by atoms with Crippen LogP contribution < -0.4 is 10.5 Å². The van der Waals surface area contributed by atoms with Gasteiger partial charge in [-0.3, -0.25) is 0 Å². The fourth-order valence-corrected chi connectivity index (χ4v) is 1.12. The lowest BCUT2D eigenvalue weighted by Crippen LogP contribution is -2.06. The number of nitrogens with two attached hydrogens (primary N) is 1. The lowest BCUT2D eigenvalue weighted by molar-refractivity contribution is 0.332. The van der Waals surface area contributed by atoms with Crippen molar-refractivity contribution in [3.8, 4) is 5.75 Å². The van der Waals surface area contributed by atoms with Crippen LogP contribution in [-0.2, 0) is 0 Å². The van der Waals surface area contributed by atoms with E-state index in [2.05, 4.69) is 6.58 Å². The summed E-state index contributed by atoms with van der Waals surface area (Å²) in [6, 6.07) is 4.59. The first-order valence-electron chi connectivity index (χ1n) is 4.83. The number of ether oxygens (including phenoxy) is 1. The molecule has 15 heavy (non-hydrogen) atoms. The Morgan fingerprint density at radius 3 is 2.73 bits per heavy atom. The van der Waals surface area contributed by atoms with E-state index in [0.29, 0.717) is 6.61 Å². The van der Waals surface area contributed by atoms with E-state index in [1.165, 1.54) is 6.07 Å². The normalized spacial score (nSPS) is 12.3. The van der Waals surface area contributed by atoms with Gasteiger partial charge in [0.25, 0.3) is 0 Å². The molecule has 0 aliphatic heterocycles. The third kappa shape index (κ3) is 3.36. The summed E-state index contributed by atoms with van der Waals surface area (Å²) in [5.41, 5.74) is 7.25. The van der Waals surface area contributed by atoms with Crippen molar-refractivity contribution in [1.29, 1.82) is 0 Å². The first-order valence-corrected chi connectivity index (χ1v) is 4.83. The molecule has 0 unspecified atom stereocenters. The zero-order chi connectivity index (χ0) is 11.4. The molecule has 2 nitrogen and oxygen atoms in total. The first-order chi connectivity index (χ1) is 7.00. The molecule has 0 radical (unpaired) electrons. The average Bonchev–Trinajstić information content (AvgIpc) is 2.15. The number of hydrogen-bond acceptors (Lipinski definition) is 2. The monoisotopic (exact) mass is 209 g/mol. The van der Waals surface area contributed by atoms with Crippen molar-refractivity contribution in [3.05, 3.63) is 41.7 Å². The summed E-state index contributed by atoms with van der Waals surface area (Å²) >= 11 is 0. The highest BCUT2D eigenvalue weighted by molar-refractivity contribution is 5.30. The molecular weight excluding hydrogens is 193 g/mol. The molecule has 0 spiro atoms. The van der Waals surface area contributed by atoms with Crippen LogP contribution in [0.3, 0.4) is 0 Å². The Hall–Kier alpha value is -1.35. The molecule has 0 amide bonds. The van der Waals surface area contributed by atoms with Crippen molar-refractivity contribution in [2.75, 3.05) is 6.61 Å². The SMILES string of the molecule is C=C(C)COc1ccc([C@H](C)N)cc1F. The lowest BCUT2D eigenvalue weighted by Gasteiger charge is -2.10. The topological polar surface area (TPSA) is 35.2 Å². The molecule has 0 heterocycles. The summed E-state index contributed by atoms with van der Waals surface area (Å²) in [6.45, 7) is 7.64. The molecule has 0 aromatic heterocycles. The minimum absolute atomic E-state index is 0.172. The van der Waals surface area contributed by atoms with Gasteiger partial charge in [-0.2, -0.15) is 0 Å². The summed E-state index contributed by atoms with van der Waals surface area (Å²) in [7, 11) is 0. The van der Waals surface area contributed by atoms with E-state index in [4.69, 9.17) is 10.5 Å². The Kier molecular flexibility index (Phi) is 3.86. The van der Waals surface area contributed by atoms with E-state index in [9.17, 15) is 4.39 Å². The molecule has 1 aromatic rings. The minimum Gasteiger partial charge on any atom is -0.486 e. The lowest BCUT2D eigenvalue weighted by atomic mass is 10.1. The van der Waals surface area contributed by atoms with Crippen LogP contribution in [0.15, 0.2) is 30.4 Å². The van der Waals surface area contributed by atoms with E-state index in [1.54, 1.807) is 12.1 Å². The molecule has 0 saturated carbocycles. The Bertz CT molecular complexity index is 361. The van der Waals surface area contributed by atoms with Gasteiger partial charge in [0, 0.05) is 6.04 Å². The molecule has 3 heteroatoms. The predicted octanol–water partition coefficient (Wildman–Crippen LogP) is 2.80. The highest BCUT2D eigenvalue weighted by atomic mass is 19.1. The fraction of sp³-hybridized carbons (Fsp3) is 0.333. The van der Waals surface area contributed by atoms with Crippen LogP contribution in [0.2, 0.25) is 0 Å². The molecule has 0 bridgehead atoms. The van der Waals surface area contributed by atoms with Crippen LogP contribution in [0.4, 0.5) is 4.39 Å². The Labute approximate surface area is 89.6 Å². The van der Waals surface area contributed by atoms with Gasteiger partial charge in [-0.25, -0.2) is 4.39 Å². The van der Waals surface area contributed by atoms with Gasteiger partial charge in [0.05, 0.1) is 0 Å². The summed E-state index contributed by atoms with van der Waals surface area (Å²) in [5, 5.41) is 0. The van der Waals surface area contributed by atoms with Gasteiger partial charge in [0.15, 0.2) is 11.6 Å². The van der Waals surface area contributed by atoms with Crippen LogP contribution >= 0.6 is 0 Å². The molecule has 0 fully saturated rings. The molecule has 0 saturated heterocycles. The van der Waals surface area contributed by atoms with Crippen molar-refractivity contribution in [3.63, 3.8) is 0 Å². The second-order valence-electron chi connectivity index (χ2n) is 3.72. The predicted molar refractivity (Wildman–Crippen MR) is 59.3 cm³/mol. The molecule has 1 rings (SSSR count). The van der Waals surface area contributed by atoms with Gasteiger partial charge < -0.3 is 10.5 Å². The largest absolute Gasteiger partial charge is 0.486 e. The quantitative estimate of drug-likeness (QED) is 0.774. The number of rotatable bonds is 4. The third-order valence-electron chi connectivity index (χ3n) is 1.96. The van der Waals surface area contributed by atoms with Crippen molar-refractivity contribution < 1.29 is 9.13 Å². The smallest absolute Gasteiger partial charge is 0.165 e. The fourth-order valence-electron chi connectivity index (χ4n) is 1.12. The van der Waals surface area contributed by atoms with Crippen LogP contribution in [0.25, 0.3) is 0 Å². The average molecular weight is 209 g/mol. The summed E-state index contributed by atoms with van der Waals surface area (Å²) in [5.74, 6) is -0.145. The molecule has 1 atom stereocenters. The number of benzene rings is 1. The van der Waals surface area contributed by atoms with Gasteiger partial charge in [0.2, 0.25) is 0 Å². The zero-order valence-corrected chi connectivity index (χ0v) is 9.09. The minimum atomic E-state index is -0.383. The Morgan fingerprint density at radius 2 is 2.27 bits per heavy atom. The van der Waals surface area contributed by atoms with Crippen molar-refractivity contribution >= 4 is 0 Å². The van der Waals surface area contributed by atoms with Gasteiger partial charge >= 0.3 is 0 Å². The summed E-state index contributed by atoms with van der Waals surface area (Å²) in [6.07, 6.45) is 0. The van der Waals surface area contributed by atoms with Gasteiger partial charge in [0.1, 0.15) is 6.61 Å². The van der Waals surface area contributed by atoms with E-state index in [0.717, 1.165) is 11.1 Å². The Balaban J connectivity index is 2.79. The molecular formula is C12H16FNO. The molecule has 1 aromatic carbocycles. The van der Waals surface area contributed by atoms with E-state index in [-0.39, 0.29) is 17.6 Å². The van der Waals surface area contributed by atoms with E-state index < -0.39 is 0 Å². The van der Waals surface area contributed by atoms with Gasteiger partial charge in [-0.15, -0.1) is 0 Å². The maximum atomic E-state index is 13.5. The zero-order valence-electron chi connectivity index (χ0n) is 9.09. The van der Waals surface area contributed by atoms with Crippen LogP contribution in [-0.4, -0.2) is 6.61 Å². The van der Waals surface area contributed by atoms with Crippen molar-refractivity contribution in [2.24, 2.45) is 5.73 Å². The van der Waals surface area contributed by atoms with E-state index in [1.807, 2.05) is 13.8 Å². The first kappa shape index (κ1) is 11.7. The molecule has 2 N–H and O–H groups in total. The highest BCUT2D eigenvalue weighted by Gasteiger charge is 2.06. The maximum absolute atomic E-state index is 13.5. The highest BCUT2D eigenvalue weighted by Crippen LogP contribution is 2.21. The summed E-state index contributed by atoms with van der Waals surface area (Å²) < 4.78 is 18.7. The van der Waals surface area contributed by atoms with Crippen LogP contribution in [0.1, 0.15) is 25.5 Å². The second-order valence-corrected chi connectivity index (χ2v) is 3.72.